The van der Waals surface area contributed by atoms with Crippen molar-refractivity contribution in [1.82, 2.24) is 4.57 Å². The molecule has 0 bridgehead atoms. The van der Waals surface area contributed by atoms with Crippen LogP contribution in [-0.2, 0) is 6.54 Å². The summed E-state index contributed by atoms with van der Waals surface area (Å²) in [4.78, 5) is 11.9. The maximum atomic E-state index is 11.9. The molecule has 0 aliphatic heterocycles. The van der Waals surface area contributed by atoms with Crippen LogP contribution in [0.3, 0.4) is 0 Å². The van der Waals surface area contributed by atoms with Crippen molar-refractivity contribution in [3.8, 4) is 0 Å². The molecule has 0 radical (unpaired) electrons. The molecule has 0 spiro atoms. The van der Waals surface area contributed by atoms with Crippen LogP contribution in [0.1, 0.15) is 5.56 Å². The molecule has 6 heteroatoms. The van der Waals surface area contributed by atoms with Gasteiger partial charge in [0.25, 0.3) is 5.56 Å². The number of pyridine rings is 1. The fourth-order valence-corrected chi connectivity index (χ4v) is 2.60. The first-order valence-corrected chi connectivity index (χ1v) is 6.62. The molecule has 1 heterocycles. The van der Waals surface area contributed by atoms with E-state index in [1.165, 1.54) is 4.57 Å². The van der Waals surface area contributed by atoms with Gasteiger partial charge in [-0.1, -0.05) is 29.3 Å². The highest BCUT2D eigenvalue weighted by molar-refractivity contribution is 9.10. The van der Waals surface area contributed by atoms with Crippen molar-refractivity contribution in [1.29, 1.82) is 0 Å². The highest BCUT2D eigenvalue weighted by Crippen LogP contribution is 2.25. The maximum Gasteiger partial charge on any atom is 0.265 e. The molecule has 2 N–H and O–H groups in total. The van der Waals surface area contributed by atoms with Crippen LogP contribution in [0.25, 0.3) is 0 Å². The Bertz CT molecular complexity index is 635. The van der Waals surface area contributed by atoms with Crippen LogP contribution >= 0.6 is 39.1 Å². The van der Waals surface area contributed by atoms with E-state index in [-0.39, 0.29) is 12.1 Å². The predicted molar refractivity (Wildman–Crippen MR) is 78.4 cm³/mol. The summed E-state index contributed by atoms with van der Waals surface area (Å²) in [5.74, 6) is 0. The molecule has 2 aromatic rings. The standard InChI is InChI=1S/C12H9BrCl2N2O/c13-9-4-7(16)5-17(12(9)18)6-8-10(14)2-1-3-11(8)15/h1-5H,6,16H2. The first-order valence-electron chi connectivity index (χ1n) is 5.07. The fourth-order valence-electron chi connectivity index (χ4n) is 1.59. The number of hydrogen-bond donors (Lipinski definition) is 1. The number of halogens is 3. The molecular weight excluding hydrogens is 339 g/mol. The van der Waals surface area contributed by atoms with E-state index in [1.807, 2.05) is 0 Å². The van der Waals surface area contributed by atoms with Gasteiger partial charge in [0.2, 0.25) is 0 Å². The lowest BCUT2D eigenvalue weighted by Crippen LogP contribution is -2.21. The smallest absolute Gasteiger partial charge is 0.265 e. The van der Waals surface area contributed by atoms with Crippen molar-refractivity contribution in [2.24, 2.45) is 0 Å². The summed E-state index contributed by atoms with van der Waals surface area (Å²) in [7, 11) is 0. The monoisotopic (exact) mass is 346 g/mol. The molecule has 0 atom stereocenters. The third-order valence-electron chi connectivity index (χ3n) is 2.45. The average Bonchev–Trinajstić information content (AvgIpc) is 2.30. The largest absolute Gasteiger partial charge is 0.398 e. The minimum atomic E-state index is -0.180. The van der Waals surface area contributed by atoms with Gasteiger partial charge in [-0.05, 0) is 34.1 Å². The molecule has 1 aromatic heterocycles. The Balaban J connectivity index is 2.50. The predicted octanol–water partition coefficient (Wildman–Crippen LogP) is 3.55. The molecule has 0 unspecified atom stereocenters. The molecule has 0 amide bonds. The summed E-state index contributed by atoms with van der Waals surface area (Å²) in [6.07, 6.45) is 1.56. The van der Waals surface area contributed by atoms with Gasteiger partial charge >= 0.3 is 0 Å². The number of anilines is 1. The van der Waals surface area contributed by atoms with Crippen molar-refractivity contribution in [2.45, 2.75) is 6.54 Å². The van der Waals surface area contributed by atoms with Crippen LogP contribution < -0.4 is 11.3 Å². The van der Waals surface area contributed by atoms with Gasteiger partial charge in [-0.2, -0.15) is 0 Å². The van der Waals surface area contributed by atoms with E-state index >= 15 is 0 Å². The van der Waals surface area contributed by atoms with Crippen LogP contribution in [0.4, 0.5) is 5.69 Å². The van der Waals surface area contributed by atoms with E-state index in [9.17, 15) is 4.79 Å². The second-order valence-corrected chi connectivity index (χ2v) is 5.42. The lowest BCUT2D eigenvalue weighted by Gasteiger charge is -2.10. The fraction of sp³-hybridized carbons (Fsp3) is 0.0833. The molecule has 0 aliphatic rings. The first-order chi connectivity index (χ1) is 8.49. The van der Waals surface area contributed by atoms with Gasteiger partial charge in [0.15, 0.2) is 0 Å². The third-order valence-corrected chi connectivity index (χ3v) is 3.73. The summed E-state index contributed by atoms with van der Waals surface area (Å²) in [5.41, 5.74) is 6.71. The van der Waals surface area contributed by atoms with Crippen molar-refractivity contribution in [2.75, 3.05) is 5.73 Å². The Kier molecular flexibility index (Phi) is 4.00. The second-order valence-electron chi connectivity index (χ2n) is 3.75. The zero-order valence-corrected chi connectivity index (χ0v) is 12.3. The number of hydrogen-bond acceptors (Lipinski definition) is 2. The molecule has 3 nitrogen and oxygen atoms in total. The highest BCUT2D eigenvalue weighted by Gasteiger charge is 2.09. The summed E-state index contributed by atoms with van der Waals surface area (Å²) >= 11 is 15.3. The van der Waals surface area contributed by atoms with Crippen LogP contribution in [-0.4, -0.2) is 4.57 Å². The maximum absolute atomic E-state index is 11.9. The van der Waals surface area contributed by atoms with E-state index in [1.54, 1.807) is 30.5 Å². The van der Waals surface area contributed by atoms with Crippen LogP contribution in [0, 0.1) is 0 Å². The Morgan fingerprint density at radius 3 is 2.50 bits per heavy atom. The van der Waals surface area contributed by atoms with Crippen LogP contribution in [0.2, 0.25) is 10.0 Å². The number of nitrogen functional groups attached to an aromatic ring is 1. The zero-order chi connectivity index (χ0) is 13.3. The van der Waals surface area contributed by atoms with Gasteiger partial charge in [-0.15, -0.1) is 0 Å². The molecule has 94 valence electrons. The zero-order valence-electron chi connectivity index (χ0n) is 9.16. The first kappa shape index (κ1) is 13.5. The lowest BCUT2D eigenvalue weighted by molar-refractivity contribution is 0.757. The van der Waals surface area contributed by atoms with Crippen molar-refractivity contribution in [3.05, 3.63) is 60.9 Å². The number of aromatic nitrogens is 1. The minimum absolute atomic E-state index is 0.180. The second kappa shape index (κ2) is 5.34. The van der Waals surface area contributed by atoms with Crippen LogP contribution in [0.5, 0.6) is 0 Å². The molecule has 0 fully saturated rings. The quantitative estimate of drug-likeness (QED) is 0.903. The Morgan fingerprint density at radius 1 is 1.28 bits per heavy atom. The summed E-state index contributed by atoms with van der Waals surface area (Å²) in [5, 5.41) is 1.04. The van der Waals surface area contributed by atoms with Gasteiger partial charge in [-0.3, -0.25) is 4.79 Å². The normalized spacial score (nSPS) is 10.6. The van der Waals surface area contributed by atoms with Crippen molar-refractivity contribution in [3.63, 3.8) is 0 Å². The number of nitrogens with zero attached hydrogens (tertiary/aromatic N) is 1. The Morgan fingerprint density at radius 2 is 1.89 bits per heavy atom. The summed E-state index contributed by atoms with van der Waals surface area (Å²) in [6, 6.07) is 6.78. The van der Waals surface area contributed by atoms with E-state index in [0.29, 0.717) is 25.8 Å². The molecule has 1 aromatic carbocycles. The molecule has 0 saturated heterocycles. The van der Waals surface area contributed by atoms with Gasteiger partial charge in [-0.25, -0.2) is 0 Å². The molecule has 0 aliphatic carbocycles. The lowest BCUT2D eigenvalue weighted by atomic mass is 10.2. The summed E-state index contributed by atoms with van der Waals surface area (Å²) in [6.45, 7) is 0.279. The van der Waals surface area contributed by atoms with Gasteiger partial charge in [0, 0.05) is 27.5 Å². The van der Waals surface area contributed by atoms with E-state index in [4.69, 9.17) is 28.9 Å². The van der Waals surface area contributed by atoms with Crippen LogP contribution in [0.15, 0.2) is 39.7 Å². The number of benzene rings is 1. The highest BCUT2D eigenvalue weighted by atomic mass is 79.9. The van der Waals surface area contributed by atoms with Gasteiger partial charge in [0.1, 0.15) is 0 Å². The average molecular weight is 348 g/mol. The van der Waals surface area contributed by atoms with Gasteiger partial charge in [0.05, 0.1) is 11.0 Å². The van der Waals surface area contributed by atoms with Crippen molar-refractivity contribution >= 4 is 44.8 Å². The number of rotatable bonds is 2. The minimum Gasteiger partial charge on any atom is -0.398 e. The van der Waals surface area contributed by atoms with Crippen molar-refractivity contribution < 1.29 is 0 Å². The molecule has 18 heavy (non-hydrogen) atoms. The Labute approximate surface area is 122 Å². The summed E-state index contributed by atoms with van der Waals surface area (Å²) < 4.78 is 1.87. The molecular formula is C12H9BrCl2N2O. The van der Waals surface area contributed by atoms with Gasteiger partial charge < -0.3 is 10.3 Å². The SMILES string of the molecule is Nc1cc(Br)c(=O)n(Cc2c(Cl)cccc2Cl)c1. The van der Waals surface area contributed by atoms with E-state index in [0.717, 1.165) is 0 Å². The van der Waals surface area contributed by atoms with E-state index < -0.39 is 0 Å². The van der Waals surface area contributed by atoms with E-state index in [2.05, 4.69) is 15.9 Å². The topological polar surface area (TPSA) is 48.0 Å². The Hall–Kier alpha value is -0.970. The third kappa shape index (κ3) is 2.71. The molecule has 0 saturated carbocycles. The molecule has 2 rings (SSSR count). The number of nitrogens with two attached hydrogens (primary N) is 1.